The summed E-state index contributed by atoms with van der Waals surface area (Å²) in [6, 6.07) is 27.1. The number of nitrogens with zero attached hydrogens (tertiary/aromatic N) is 3. The fourth-order valence-corrected chi connectivity index (χ4v) is 3.82. The molecule has 1 amide bonds. The van der Waals surface area contributed by atoms with Crippen LogP contribution in [0.5, 0.6) is 0 Å². The zero-order chi connectivity index (χ0) is 21.8. The van der Waals surface area contributed by atoms with E-state index in [1.54, 1.807) is 0 Å². The van der Waals surface area contributed by atoms with Crippen LogP contribution < -0.4 is 0 Å². The van der Waals surface area contributed by atoms with Gasteiger partial charge in [0.15, 0.2) is 0 Å². The number of para-hydroxylation sites is 2. The standard InChI is InChI=1S/C26H27N3O2/c1-19(2)28(17-20-11-5-3-6-12-20)24(30)18-29-23-16-10-9-15-22(23)27-26(29)25(31)21-13-7-4-8-14-21/h3-16,19,25,31H,17-18H2,1-2H3. The Bertz CT molecular complexity index is 1150. The van der Waals surface area contributed by atoms with Crippen molar-refractivity contribution < 1.29 is 9.90 Å². The van der Waals surface area contributed by atoms with E-state index in [1.807, 2.05) is 108 Å². The van der Waals surface area contributed by atoms with Gasteiger partial charge in [0.25, 0.3) is 0 Å². The van der Waals surface area contributed by atoms with Crippen molar-refractivity contribution in [1.29, 1.82) is 0 Å². The molecule has 0 saturated carbocycles. The summed E-state index contributed by atoms with van der Waals surface area (Å²) in [7, 11) is 0. The molecule has 5 nitrogen and oxygen atoms in total. The third-order valence-electron chi connectivity index (χ3n) is 5.48. The lowest BCUT2D eigenvalue weighted by Gasteiger charge is -2.28. The number of amides is 1. The molecule has 31 heavy (non-hydrogen) atoms. The first-order chi connectivity index (χ1) is 15.0. The SMILES string of the molecule is CC(C)N(Cc1ccccc1)C(=O)Cn1c(C(O)c2ccccc2)nc2ccccc21. The van der Waals surface area contributed by atoms with E-state index < -0.39 is 6.10 Å². The van der Waals surface area contributed by atoms with Crippen LogP contribution in [-0.4, -0.2) is 31.5 Å². The molecule has 1 N–H and O–H groups in total. The molecule has 0 radical (unpaired) electrons. The van der Waals surface area contributed by atoms with Crippen molar-refractivity contribution in [2.75, 3.05) is 0 Å². The van der Waals surface area contributed by atoms with Crippen molar-refractivity contribution >= 4 is 16.9 Å². The van der Waals surface area contributed by atoms with E-state index in [4.69, 9.17) is 0 Å². The van der Waals surface area contributed by atoms with E-state index in [0.717, 1.165) is 22.2 Å². The van der Waals surface area contributed by atoms with Gasteiger partial charge in [-0.3, -0.25) is 4.79 Å². The fourth-order valence-electron chi connectivity index (χ4n) is 3.82. The largest absolute Gasteiger partial charge is 0.380 e. The van der Waals surface area contributed by atoms with E-state index in [-0.39, 0.29) is 18.5 Å². The lowest BCUT2D eigenvalue weighted by atomic mass is 10.1. The van der Waals surface area contributed by atoms with Gasteiger partial charge in [0.05, 0.1) is 11.0 Å². The van der Waals surface area contributed by atoms with Crippen LogP contribution in [0.4, 0.5) is 0 Å². The maximum atomic E-state index is 13.4. The maximum absolute atomic E-state index is 13.4. The van der Waals surface area contributed by atoms with E-state index in [2.05, 4.69) is 4.98 Å². The Morgan fingerprint density at radius 3 is 2.23 bits per heavy atom. The summed E-state index contributed by atoms with van der Waals surface area (Å²) in [5.74, 6) is 0.465. The second-order valence-electron chi connectivity index (χ2n) is 7.96. The Labute approximate surface area is 182 Å². The average molecular weight is 414 g/mol. The molecule has 0 aliphatic heterocycles. The molecule has 0 saturated heterocycles. The highest BCUT2D eigenvalue weighted by atomic mass is 16.3. The molecule has 4 rings (SSSR count). The highest BCUT2D eigenvalue weighted by Gasteiger charge is 2.24. The average Bonchev–Trinajstić information content (AvgIpc) is 3.16. The van der Waals surface area contributed by atoms with E-state index in [1.165, 1.54) is 0 Å². The molecule has 0 spiro atoms. The minimum atomic E-state index is -0.914. The molecule has 5 heteroatoms. The summed E-state index contributed by atoms with van der Waals surface area (Å²) in [5.41, 5.74) is 3.43. The Balaban J connectivity index is 1.68. The molecule has 3 aromatic carbocycles. The van der Waals surface area contributed by atoms with Gasteiger partial charge in [-0.25, -0.2) is 4.98 Å². The predicted molar refractivity (Wildman–Crippen MR) is 122 cm³/mol. The van der Waals surface area contributed by atoms with Crippen molar-refractivity contribution in [3.63, 3.8) is 0 Å². The van der Waals surface area contributed by atoms with Gasteiger partial charge in [-0.2, -0.15) is 0 Å². The van der Waals surface area contributed by atoms with E-state index in [0.29, 0.717) is 12.4 Å². The minimum absolute atomic E-state index is 0.0106. The zero-order valence-electron chi connectivity index (χ0n) is 17.8. The van der Waals surface area contributed by atoms with Crippen molar-refractivity contribution in [1.82, 2.24) is 14.5 Å². The summed E-state index contributed by atoms with van der Waals surface area (Å²) in [6.45, 7) is 4.70. The van der Waals surface area contributed by atoms with Crippen LogP contribution in [0.3, 0.4) is 0 Å². The summed E-state index contributed by atoms with van der Waals surface area (Å²) in [5, 5.41) is 11.1. The molecular weight excluding hydrogens is 386 g/mol. The van der Waals surface area contributed by atoms with E-state index in [9.17, 15) is 9.90 Å². The molecule has 1 heterocycles. The number of carbonyl (C=O) groups excluding carboxylic acids is 1. The van der Waals surface area contributed by atoms with E-state index >= 15 is 0 Å². The Morgan fingerprint density at radius 2 is 1.55 bits per heavy atom. The van der Waals surface area contributed by atoms with Crippen LogP contribution in [0.2, 0.25) is 0 Å². The van der Waals surface area contributed by atoms with Crippen LogP contribution in [-0.2, 0) is 17.9 Å². The highest BCUT2D eigenvalue weighted by Crippen LogP contribution is 2.26. The summed E-state index contributed by atoms with van der Waals surface area (Å²) < 4.78 is 1.84. The van der Waals surface area contributed by atoms with Crippen molar-refractivity contribution in [3.05, 3.63) is 102 Å². The van der Waals surface area contributed by atoms with Gasteiger partial charge in [0, 0.05) is 12.6 Å². The third-order valence-corrected chi connectivity index (χ3v) is 5.48. The number of rotatable bonds is 7. The Kier molecular flexibility index (Phi) is 6.14. The van der Waals surface area contributed by atoms with Gasteiger partial charge in [0.1, 0.15) is 18.5 Å². The fraction of sp³-hybridized carbons (Fsp3) is 0.231. The van der Waals surface area contributed by atoms with Crippen molar-refractivity contribution in [2.45, 2.75) is 39.1 Å². The highest BCUT2D eigenvalue weighted by molar-refractivity contribution is 5.81. The molecule has 0 aliphatic rings. The topological polar surface area (TPSA) is 58.4 Å². The number of imidazole rings is 1. The lowest BCUT2D eigenvalue weighted by Crippen LogP contribution is -2.38. The Morgan fingerprint density at radius 1 is 0.935 bits per heavy atom. The van der Waals surface area contributed by atoms with Crippen LogP contribution in [0.25, 0.3) is 11.0 Å². The summed E-state index contributed by atoms with van der Waals surface area (Å²) in [4.78, 5) is 19.9. The third kappa shape index (κ3) is 4.52. The molecule has 158 valence electrons. The quantitative estimate of drug-likeness (QED) is 0.483. The number of benzene rings is 3. The maximum Gasteiger partial charge on any atom is 0.243 e. The number of aliphatic hydroxyl groups is 1. The second-order valence-corrected chi connectivity index (χ2v) is 7.96. The normalized spacial score (nSPS) is 12.3. The Hall–Kier alpha value is -3.44. The molecule has 1 aromatic heterocycles. The van der Waals surface area contributed by atoms with Gasteiger partial charge in [0.2, 0.25) is 5.91 Å². The summed E-state index contributed by atoms with van der Waals surface area (Å²) in [6.07, 6.45) is -0.914. The monoisotopic (exact) mass is 413 g/mol. The van der Waals surface area contributed by atoms with Gasteiger partial charge < -0.3 is 14.6 Å². The van der Waals surface area contributed by atoms with Crippen molar-refractivity contribution in [3.8, 4) is 0 Å². The predicted octanol–water partition coefficient (Wildman–Crippen LogP) is 4.56. The molecule has 4 aromatic rings. The van der Waals surface area contributed by atoms with Crippen LogP contribution >= 0.6 is 0 Å². The molecule has 1 unspecified atom stereocenters. The number of hydrogen-bond acceptors (Lipinski definition) is 3. The molecule has 0 fully saturated rings. The van der Waals surface area contributed by atoms with Crippen LogP contribution in [0.15, 0.2) is 84.9 Å². The van der Waals surface area contributed by atoms with Gasteiger partial charge in [-0.1, -0.05) is 72.8 Å². The smallest absolute Gasteiger partial charge is 0.243 e. The van der Waals surface area contributed by atoms with Crippen LogP contribution in [0.1, 0.15) is 36.9 Å². The molecule has 0 bridgehead atoms. The molecular formula is C26H27N3O2. The lowest BCUT2D eigenvalue weighted by molar-refractivity contribution is -0.134. The minimum Gasteiger partial charge on any atom is -0.380 e. The molecule has 1 atom stereocenters. The van der Waals surface area contributed by atoms with Gasteiger partial charge >= 0.3 is 0 Å². The number of hydrogen-bond donors (Lipinski definition) is 1. The zero-order valence-corrected chi connectivity index (χ0v) is 17.8. The number of aromatic nitrogens is 2. The van der Waals surface area contributed by atoms with Gasteiger partial charge in [-0.05, 0) is 37.1 Å². The summed E-state index contributed by atoms with van der Waals surface area (Å²) >= 11 is 0. The first-order valence-corrected chi connectivity index (χ1v) is 10.6. The second kappa shape index (κ2) is 9.14. The first kappa shape index (κ1) is 20.8. The van der Waals surface area contributed by atoms with Gasteiger partial charge in [-0.15, -0.1) is 0 Å². The first-order valence-electron chi connectivity index (χ1n) is 10.6. The number of aliphatic hydroxyl groups excluding tert-OH is 1. The molecule has 0 aliphatic carbocycles. The number of carbonyl (C=O) groups is 1. The van der Waals surface area contributed by atoms with Crippen molar-refractivity contribution in [2.24, 2.45) is 0 Å². The van der Waals surface area contributed by atoms with Crippen LogP contribution in [0, 0.1) is 0 Å². The number of fused-ring (bicyclic) bond motifs is 1.